The normalized spacial score (nSPS) is 34.2. The maximum atomic E-state index is 11.9. The minimum Gasteiger partial charge on any atom is -0.481 e. The zero-order chi connectivity index (χ0) is 14.0. The van der Waals surface area contributed by atoms with Gasteiger partial charge in [-0.2, -0.15) is 0 Å². The lowest BCUT2D eigenvalue weighted by atomic mass is 9.84. The summed E-state index contributed by atoms with van der Waals surface area (Å²) in [5.41, 5.74) is 0. The van der Waals surface area contributed by atoms with Crippen molar-refractivity contribution in [1.82, 2.24) is 10.6 Å². The molecular formula is C14H24N2O3. The number of hydrogen-bond acceptors (Lipinski definition) is 3. The Morgan fingerprint density at radius 2 is 2.00 bits per heavy atom. The van der Waals surface area contributed by atoms with Gasteiger partial charge in [0.05, 0.1) is 12.5 Å². The number of carbonyl (C=O) groups excluding carboxylic acids is 1. The molecule has 108 valence electrons. The fraction of sp³-hybridized carbons (Fsp3) is 0.857. The Balaban J connectivity index is 1.87. The molecule has 2 fully saturated rings. The lowest BCUT2D eigenvalue weighted by molar-refractivity contribution is -0.144. The zero-order valence-corrected chi connectivity index (χ0v) is 11.7. The number of carbonyl (C=O) groups is 2. The Kier molecular flexibility index (Phi) is 4.45. The average Bonchev–Trinajstić information content (AvgIpc) is 2.96. The first-order valence-electron chi connectivity index (χ1n) is 7.28. The summed E-state index contributed by atoms with van der Waals surface area (Å²) < 4.78 is 0. The molecule has 1 amide bonds. The molecule has 0 aliphatic heterocycles. The first-order chi connectivity index (χ1) is 9.02. The van der Waals surface area contributed by atoms with Crippen molar-refractivity contribution in [3.05, 3.63) is 0 Å². The predicted octanol–water partition coefficient (Wildman–Crippen LogP) is 0.990. The number of fused-ring (bicyclic) bond motifs is 2. The highest BCUT2D eigenvalue weighted by Gasteiger charge is 2.51. The van der Waals surface area contributed by atoms with Crippen molar-refractivity contribution in [3.8, 4) is 0 Å². The Morgan fingerprint density at radius 3 is 2.63 bits per heavy atom. The van der Waals surface area contributed by atoms with Gasteiger partial charge in [-0.3, -0.25) is 9.59 Å². The maximum absolute atomic E-state index is 11.9. The van der Waals surface area contributed by atoms with E-state index in [1.807, 2.05) is 6.92 Å². The Morgan fingerprint density at radius 1 is 1.32 bits per heavy atom. The van der Waals surface area contributed by atoms with Crippen molar-refractivity contribution in [3.63, 3.8) is 0 Å². The van der Waals surface area contributed by atoms with Crippen LogP contribution in [-0.2, 0) is 9.59 Å². The highest BCUT2D eigenvalue weighted by Crippen LogP contribution is 2.48. The molecule has 0 aromatic carbocycles. The van der Waals surface area contributed by atoms with Crippen LogP contribution >= 0.6 is 0 Å². The lowest BCUT2D eigenvalue weighted by Crippen LogP contribution is -2.49. The second-order valence-corrected chi connectivity index (χ2v) is 5.98. The van der Waals surface area contributed by atoms with E-state index < -0.39 is 5.97 Å². The number of rotatable bonds is 6. The minimum atomic E-state index is -0.757. The molecule has 2 bridgehead atoms. The van der Waals surface area contributed by atoms with E-state index in [1.54, 1.807) is 0 Å². The molecule has 5 heteroatoms. The molecule has 3 N–H and O–H groups in total. The smallest absolute Gasteiger partial charge is 0.308 e. The summed E-state index contributed by atoms with van der Waals surface area (Å²) in [5, 5.41) is 15.4. The highest BCUT2D eigenvalue weighted by molar-refractivity contribution is 5.80. The van der Waals surface area contributed by atoms with Crippen LogP contribution in [0, 0.1) is 17.8 Å². The second-order valence-electron chi connectivity index (χ2n) is 5.98. The van der Waals surface area contributed by atoms with Crippen LogP contribution in [0.1, 0.15) is 39.5 Å². The molecule has 0 spiro atoms. The molecule has 0 aromatic heterocycles. The monoisotopic (exact) mass is 268 g/mol. The van der Waals surface area contributed by atoms with Crippen LogP contribution in [0.25, 0.3) is 0 Å². The number of carboxylic acid groups (broad SMARTS) is 1. The first-order valence-corrected chi connectivity index (χ1v) is 7.28. The van der Waals surface area contributed by atoms with Crippen molar-refractivity contribution < 1.29 is 14.7 Å². The van der Waals surface area contributed by atoms with Crippen LogP contribution in [0.2, 0.25) is 0 Å². The number of nitrogens with one attached hydrogen (secondary N) is 2. The quantitative estimate of drug-likeness (QED) is 0.671. The van der Waals surface area contributed by atoms with Crippen LogP contribution in [0.5, 0.6) is 0 Å². The average molecular weight is 268 g/mol. The van der Waals surface area contributed by atoms with Gasteiger partial charge in [0.2, 0.25) is 5.91 Å². The predicted molar refractivity (Wildman–Crippen MR) is 71.6 cm³/mol. The summed E-state index contributed by atoms with van der Waals surface area (Å²) in [5.74, 6) is -0.600. The number of aliphatic carboxylic acids is 1. The standard InChI is InChI=1S/C14H24N2O3/c1-3-8(2)15-7-11(17)16-13-10-5-4-9(6-10)12(13)14(18)19/h8-10,12-13,15H,3-7H2,1-2H3,(H,16,17)(H,18,19). The number of amides is 1. The third-order valence-electron chi connectivity index (χ3n) is 4.75. The first kappa shape index (κ1) is 14.3. The number of hydrogen-bond donors (Lipinski definition) is 3. The van der Waals surface area contributed by atoms with Gasteiger partial charge in [0.25, 0.3) is 0 Å². The van der Waals surface area contributed by atoms with E-state index in [-0.39, 0.29) is 30.3 Å². The van der Waals surface area contributed by atoms with Crippen molar-refractivity contribution in [1.29, 1.82) is 0 Å². The van der Waals surface area contributed by atoms with Gasteiger partial charge in [0, 0.05) is 12.1 Å². The van der Waals surface area contributed by atoms with Crippen molar-refractivity contribution in [2.24, 2.45) is 17.8 Å². The summed E-state index contributed by atoms with van der Waals surface area (Å²) in [7, 11) is 0. The van der Waals surface area contributed by atoms with Gasteiger partial charge >= 0.3 is 5.97 Å². The van der Waals surface area contributed by atoms with E-state index >= 15 is 0 Å². The summed E-state index contributed by atoms with van der Waals surface area (Å²) in [6.45, 7) is 4.37. The summed E-state index contributed by atoms with van der Waals surface area (Å²) in [6, 6.07) is 0.142. The maximum Gasteiger partial charge on any atom is 0.308 e. The van der Waals surface area contributed by atoms with E-state index in [0.29, 0.717) is 12.0 Å². The van der Waals surface area contributed by atoms with Crippen LogP contribution in [0.4, 0.5) is 0 Å². The van der Waals surface area contributed by atoms with E-state index in [1.165, 1.54) is 0 Å². The minimum absolute atomic E-state index is 0.0795. The Labute approximate surface area is 114 Å². The van der Waals surface area contributed by atoms with E-state index in [9.17, 15) is 14.7 Å². The number of carboxylic acids is 1. The van der Waals surface area contributed by atoms with Gasteiger partial charge in [-0.15, -0.1) is 0 Å². The van der Waals surface area contributed by atoms with Crippen LogP contribution in [0.3, 0.4) is 0 Å². The molecular weight excluding hydrogens is 244 g/mol. The van der Waals surface area contributed by atoms with Gasteiger partial charge in [0.15, 0.2) is 0 Å². The molecule has 2 saturated carbocycles. The lowest BCUT2D eigenvalue weighted by Gasteiger charge is -2.29. The topological polar surface area (TPSA) is 78.4 Å². The SMILES string of the molecule is CCC(C)NCC(=O)NC1C2CCC(C2)C1C(=O)O. The molecule has 5 unspecified atom stereocenters. The van der Waals surface area contributed by atoms with Crippen LogP contribution in [-0.4, -0.2) is 35.6 Å². The molecule has 0 saturated heterocycles. The summed E-state index contributed by atoms with van der Waals surface area (Å²) in [6.07, 6.45) is 3.98. The van der Waals surface area contributed by atoms with E-state index in [0.717, 1.165) is 25.7 Å². The van der Waals surface area contributed by atoms with Gasteiger partial charge in [-0.1, -0.05) is 6.92 Å². The Bertz CT molecular complexity index is 359. The second kappa shape index (κ2) is 5.90. The fourth-order valence-corrected chi connectivity index (χ4v) is 3.50. The molecule has 0 aromatic rings. The van der Waals surface area contributed by atoms with Crippen LogP contribution < -0.4 is 10.6 Å². The molecule has 19 heavy (non-hydrogen) atoms. The molecule has 2 aliphatic carbocycles. The van der Waals surface area contributed by atoms with Gasteiger partial charge < -0.3 is 15.7 Å². The highest BCUT2D eigenvalue weighted by atomic mass is 16.4. The third-order valence-corrected chi connectivity index (χ3v) is 4.75. The molecule has 0 heterocycles. The largest absolute Gasteiger partial charge is 0.481 e. The third kappa shape index (κ3) is 3.08. The summed E-state index contributed by atoms with van der Waals surface area (Å²) >= 11 is 0. The van der Waals surface area contributed by atoms with Gasteiger partial charge in [0.1, 0.15) is 0 Å². The van der Waals surface area contributed by atoms with E-state index in [4.69, 9.17) is 0 Å². The van der Waals surface area contributed by atoms with Gasteiger partial charge in [-0.05, 0) is 44.4 Å². The van der Waals surface area contributed by atoms with E-state index in [2.05, 4.69) is 17.6 Å². The van der Waals surface area contributed by atoms with Gasteiger partial charge in [-0.25, -0.2) is 0 Å². The summed E-state index contributed by atoms with van der Waals surface area (Å²) in [4.78, 5) is 23.2. The van der Waals surface area contributed by atoms with Crippen LogP contribution in [0.15, 0.2) is 0 Å². The molecule has 2 rings (SSSR count). The van der Waals surface area contributed by atoms with Crippen molar-refractivity contribution in [2.45, 2.75) is 51.6 Å². The fourth-order valence-electron chi connectivity index (χ4n) is 3.50. The molecule has 5 atom stereocenters. The molecule has 5 nitrogen and oxygen atoms in total. The molecule has 2 aliphatic rings. The zero-order valence-electron chi connectivity index (χ0n) is 11.7. The van der Waals surface area contributed by atoms with Crippen molar-refractivity contribution in [2.75, 3.05) is 6.54 Å². The molecule has 0 radical (unpaired) electrons. The Hall–Kier alpha value is -1.10. The van der Waals surface area contributed by atoms with Crippen molar-refractivity contribution >= 4 is 11.9 Å².